The van der Waals surface area contributed by atoms with E-state index in [0.717, 1.165) is 38.8 Å². The number of aromatic nitrogens is 2. The van der Waals surface area contributed by atoms with Crippen molar-refractivity contribution >= 4 is 51.9 Å². The molecule has 41 heavy (non-hydrogen) atoms. The van der Waals surface area contributed by atoms with Gasteiger partial charge in [-0.1, -0.05) is 11.6 Å². The number of rotatable bonds is 9. The van der Waals surface area contributed by atoms with Crippen LogP contribution in [-0.2, 0) is 9.53 Å². The molecule has 2 fully saturated rings. The molecule has 0 atom stereocenters. The van der Waals surface area contributed by atoms with Gasteiger partial charge in [-0.3, -0.25) is 14.4 Å². The Balaban J connectivity index is 1.40. The fourth-order valence-corrected chi connectivity index (χ4v) is 5.67. The molecule has 5 rings (SSSR count). The molecule has 12 heteroatoms. The minimum atomic E-state index is -0.615. The molecule has 2 aliphatic rings. The number of hydrogen-bond donors (Lipinski definition) is 2. The summed E-state index contributed by atoms with van der Waals surface area (Å²) in [7, 11) is 3.22. The van der Waals surface area contributed by atoms with E-state index >= 15 is 0 Å². The van der Waals surface area contributed by atoms with Crippen molar-refractivity contribution in [3.05, 3.63) is 46.9 Å². The van der Waals surface area contributed by atoms with Gasteiger partial charge in [0, 0.05) is 38.9 Å². The highest BCUT2D eigenvalue weighted by Gasteiger charge is 2.32. The maximum atomic E-state index is 13.5. The van der Waals surface area contributed by atoms with Crippen LogP contribution in [0.1, 0.15) is 59.6 Å². The summed E-state index contributed by atoms with van der Waals surface area (Å²) in [5, 5.41) is 6.04. The van der Waals surface area contributed by atoms with Gasteiger partial charge in [0.05, 0.1) is 11.6 Å². The topological polar surface area (TPSA) is 130 Å². The molecule has 1 saturated carbocycles. The summed E-state index contributed by atoms with van der Waals surface area (Å²) in [4.78, 5) is 52.5. The molecule has 1 aliphatic carbocycles. The van der Waals surface area contributed by atoms with E-state index in [4.69, 9.17) is 20.8 Å². The van der Waals surface area contributed by atoms with E-state index in [1.165, 1.54) is 30.0 Å². The summed E-state index contributed by atoms with van der Waals surface area (Å²) < 4.78 is 11.0. The molecule has 3 amide bonds. The van der Waals surface area contributed by atoms with Crippen molar-refractivity contribution < 1.29 is 23.5 Å². The molecule has 3 aromatic rings. The number of nitrogens with one attached hydrogen (secondary N) is 2. The van der Waals surface area contributed by atoms with E-state index in [1.54, 1.807) is 32.4 Å². The van der Waals surface area contributed by atoms with Crippen LogP contribution < -0.4 is 10.6 Å². The first-order valence-electron chi connectivity index (χ1n) is 14.0. The van der Waals surface area contributed by atoms with E-state index in [1.807, 2.05) is 0 Å². The lowest BCUT2D eigenvalue weighted by atomic mass is 9.85. The van der Waals surface area contributed by atoms with Crippen molar-refractivity contribution in [2.75, 3.05) is 51.0 Å². The molecule has 11 nitrogen and oxygen atoms in total. The Morgan fingerprint density at radius 3 is 2.54 bits per heavy atom. The van der Waals surface area contributed by atoms with Crippen LogP contribution in [-0.4, -0.2) is 83.9 Å². The Bertz CT molecular complexity index is 1400. The molecule has 2 N–H and O–H groups in total. The number of hydrogen-bond acceptors (Lipinski definition) is 8. The number of halogens is 1. The minimum absolute atomic E-state index is 0.124. The molecule has 4 heterocycles. The third-order valence-electron chi connectivity index (χ3n) is 7.88. The van der Waals surface area contributed by atoms with Crippen LogP contribution in [0.15, 0.2) is 34.9 Å². The molecular formula is C29H35ClN6O5. The van der Waals surface area contributed by atoms with Crippen LogP contribution in [0.4, 0.5) is 11.5 Å². The summed E-state index contributed by atoms with van der Waals surface area (Å²) in [5.41, 5.74) is 0.782. The smallest absolute Gasteiger partial charge is 0.294 e. The normalized spacial score (nSPS) is 19.3. The summed E-state index contributed by atoms with van der Waals surface area (Å²) >= 11 is 5.92. The number of amides is 3. The first kappa shape index (κ1) is 29.0. The Hall–Kier alpha value is -3.54. The van der Waals surface area contributed by atoms with Crippen LogP contribution in [0.5, 0.6) is 0 Å². The summed E-state index contributed by atoms with van der Waals surface area (Å²) in [6.45, 7) is 3.03. The maximum Gasteiger partial charge on any atom is 0.294 e. The monoisotopic (exact) mass is 582 g/mol. The number of methoxy groups -OCH3 is 1. The number of nitrogens with zero attached hydrogens (tertiary/aromatic N) is 4. The highest BCUT2D eigenvalue weighted by atomic mass is 35.5. The molecule has 0 unspecified atom stereocenters. The van der Waals surface area contributed by atoms with Crippen molar-refractivity contribution in [2.45, 2.75) is 44.6 Å². The minimum Gasteiger partial charge on any atom is -0.447 e. The van der Waals surface area contributed by atoms with Gasteiger partial charge < -0.3 is 29.6 Å². The van der Waals surface area contributed by atoms with Crippen molar-refractivity contribution in [3.63, 3.8) is 0 Å². The van der Waals surface area contributed by atoms with Gasteiger partial charge in [-0.05, 0) is 75.9 Å². The number of carbonyl (C=O) groups is 3. The van der Waals surface area contributed by atoms with E-state index < -0.39 is 5.91 Å². The van der Waals surface area contributed by atoms with Gasteiger partial charge >= 0.3 is 0 Å². The molecule has 0 spiro atoms. The third kappa shape index (κ3) is 6.69. The Labute approximate surface area is 243 Å². The fraction of sp³-hybridized carbons (Fsp3) is 0.483. The van der Waals surface area contributed by atoms with Gasteiger partial charge in [0.15, 0.2) is 5.58 Å². The Morgan fingerprint density at radius 2 is 1.85 bits per heavy atom. The third-order valence-corrected chi connectivity index (χ3v) is 8.10. The van der Waals surface area contributed by atoms with Crippen LogP contribution in [0.2, 0.25) is 5.02 Å². The average Bonchev–Trinajstić information content (AvgIpc) is 3.65. The second kappa shape index (κ2) is 13.0. The first-order chi connectivity index (χ1) is 19.8. The number of pyridine rings is 2. The number of likely N-dealkylation sites (N-methyl/N-ethyl adjacent to an activating group) is 1. The lowest BCUT2D eigenvalue weighted by molar-refractivity contribution is -0.121. The van der Waals surface area contributed by atoms with Gasteiger partial charge in [0.25, 0.3) is 11.8 Å². The highest BCUT2D eigenvalue weighted by molar-refractivity contribution is 6.30. The largest absolute Gasteiger partial charge is 0.447 e. The molecule has 0 bridgehead atoms. The number of furan rings is 1. The number of ether oxygens (including phenoxy) is 1. The average molecular weight is 583 g/mol. The van der Waals surface area contributed by atoms with E-state index in [9.17, 15) is 14.4 Å². The van der Waals surface area contributed by atoms with Gasteiger partial charge in [-0.15, -0.1) is 0 Å². The predicted octanol–water partition coefficient (Wildman–Crippen LogP) is 4.44. The lowest BCUT2D eigenvalue weighted by Gasteiger charge is -2.33. The quantitative estimate of drug-likeness (QED) is 0.379. The van der Waals surface area contributed by atoms with Crippen molar-refractivity contribution in [1.82, 2.24) is 19.8 Å². The van der Waals surface area contributed by atoms with E-state index in [-0.39, 0.29) is 51.8 Å². The maximum absolute atomic E-state index is 13.5. The van der Waals surface area contributed by atoms with Crippen LogP contribution >= 0.6 is 11.6 Å². The van der Waals surface area contributed by atoms with Gasteiger partial charge in [-0.2, -0.15) is 0 Å². The van der Waals surface area contributed by atoms with Gasteiger partial charge in [0.1, 0.15) is 22.7 Å². The molecule has 0 radical (unpaired) electrons. The standard InChI is InChI=1S/C29H35ClN6O5/c1-35(15-16-40-2)29(39)21-10-11-22-24(32-21)25(26(41-22)28(38)33-23-12-7-19(30)17-31-23)34-27(37)18-5-8-20(9-6-18)36-13-3-4-14-36/h7,10-12,17-18,20H,3-6,8-9,13-16H2,1-2H3,(H,34,37)(H,31,33,38)/t18-,20-. The van der Waals surface area contributed by atoms with Gasteiger partial charge in [0.2, 0.25) is 11.7 Å². The van der Waals surface area contributed by atoms with Crippen molar-refractivity contribution in [3.8, 4) is 0 Å². The van der Waals surface area contributed by atoms with E-state index in [0.29, 0.717) is 24.2 Å². The second-order valence-electron chi connectivity index (χ2n) is 10.6. The van der Waals surface area contributed by atoms with Crippen molar-refractivity contribution in [2.24, 2.45) is 5.92 Å². The molecule has 0 aromatic carbocycles. The molecule has 1 saturated heterocycles. The molecule has 218 valence electrons. The Kier molecular flexibility index (Phi) is 9.16. The Morgan fingerprint density at radius 1 is 1.10 bits per heavy atom. The molecule has 3 aromatic heterocycles. The number of carbonyl (C=O) groups excluding carboxylic acids is 3. The number of fused-ring (bicyclic) bond motifs is 1. The lowest BCUT2D eigenvalue weighted by Crippen LogP contribution is -2.38. The van der Waals surface area contributed by atoms with E-state index in [2.05, 4.69) is 25.5 Å². The fourth-order valence-electron chi connectivity index (χ4n) is 5.55. The highest BCUT2D eigenvalue weighted by Crippen LogP contribution is 2.34. The van der Waals surface area contributed by atoms with Gasteiger partial charge in [-0.25, -0.2) is 9.97 Å². The SMILES string of the molecule is COCCN(C)C(=O)c1ccc2oc(C(=O)Nc3ccc(Cl)cn3)c(NC(=O)[C@H]3CC[C@H](N4CCCC4)CC3)c2n1. The van der Waals surface area contributed by atoms with Crippen LogP contribution in [0, 0.1) is 5.92 Å². The second-order valence-corrected chi connectivity index (χ2v) is 11.1. The zero-order valence-corrected chi connectivity index (χ0v) is 24.1. The van der Waals surface area contributed by atoms with Crippen LogP contribution in [0.3, 0.4) is 0 Å². The number of anilines is 2. The first-order valence-corrected chi connectivity index (χ1v) is 14.4. The summed E-state index contributed by atoms with van der Waals surface area (Å²) in [6, 6.07) is 6.79. The van der Waals surface area contributed by atoms with Crippen LogP contribution in [0.25, 0.3) is 11.1 Å². The zero-order valence-electron chi connectivity index (χ0n) is 23.3. The zero-order chi connectivity index (χ0) is 28.9. The number of likely N-dealkylation sites (tertiary alicyclic amines) is 1. The van der Waals surface area contributed by atoms with Crippen molar-refractivity contribution in [1.29, 1.82) is 0 Å². The summed E-state index contributed by atoms with van der Waals surface area (Å²) in [6.07, 6.45) is 7.35. The predicted molar refractivity (Wildman–Crippen MR) is 155 cm³/mol. The molecular weight excluding hydrogens is 548 g/mol. The molecule has 1 aliphatic heterocycles. The summed E-state index contributed by atoms with van der Waals surface area (Å²) in [5.74, 6) is -1.18.